The fourth-order valence-electron chi connectivity index (χ4n) is 3.29. The SMILES string of the molecule is Cc1cc2nc(-c3ccc(NC(=O)c4cc5ccccc5o4)cc3)oc2cc1C. The third-order valence-corrected chi connectivity index (χ3v) is 5.04. The van der Waals surface area contributed by atoms with Gasteiger partial charge in [0.15, 0.2) is 11.3 Å². The average Bonchev–Trinajstić information content (AvgIpc) is 3.33. The summed E-state index contributed by atoms with van der Waals surface area (Å²) in [6.45, 7) is 4.11. The van der Waals surface area contributed by atoms with Crippen molar-refractivity contribution in [2.75, 3.05) is 5.32 Å². The fourth-order valence-corrected chi connectivity index (χ4v) is 3.29. The molecule has 0 bridgehead atoms. The monoisotopic (exact) mass is 382 g/mol. The van der Waals surface area contributed by atoms with Crippen LogP contribution >= 0.6 is 0 Å². The molecule has 3 aromatic carbocycles. The number of aromatic nitrogens is 1. The van der Waals surface area contributed by atoms with Gasteiger partial charge >= 0.3 is 0 Å². The van der Waals surface area contributed by atoms with Crippen molar-refractivity contribution in [2.24, 2.45) is 0 Å². The van der Waals surface area contributed by atoms with Gasteiger partial charge in [-0.25, -0.2) is 4.98 Å². The molecule has 0 unspecified atom stereocenters. The molecule has 0 saturated carbocycles. The van der Waals surface area contributed by atoms with Gasteiger partial charge in [-0.15, -0.1) is 0 Å². The number of hydrogen-bond donors (Lipinski definition) is 1. The van der Waals surface area contributed by atoms with Crippen LogP contribution in [-0.4, -0.2) is 10.9 Å². The Hall–Kier alpha value is -3.86. The van der Waals surface area contributed by atoms with E-state index in [2.05, 4.69) is 24.1 Å². The predicted octanol–water partition coefficient (Wildman–Crippen LogP) is 6.11. The van der Waals surface area contributed by atoms with E-state index in [1.54, 1.807) is 6.07 Å². The molecule has 2 aromatic heterocycles. The van der Waals surface area contributed by atoms with Gasteiger partial charge in [0.2, 0.25) is 5.89 Å². The first-order valence-electron chi connectivity index (χ1n) is 9.35. The van der Waals surface area contributed by atoms with Gasteiger partial charge < -0.3 is 14.2 Å². The zero-order chi connectivity index (χ0) is 20.0. The minimum atomic E-state index is -0.290. The lowest BCUT2D eigenvalue weighted by atomic mass is 10.1. The highest BCUT2D eigenvalue weighted by Gasteiger charge is 2.13. The number of carbonyl (C=O) groups excluding carboxylic acids is 1. The highest BCUT2D eigenvalue weighted by Crippen LogP contribution is 2.27. The smallest absolute Gasteiger partial charge is 0.291 e. The van der Waals surface area contributed by atoms with Gasteiger partial charge in [-0.2, -0.15) is 0 Å². The molecule has 5 rings (SSSR count). The summed E-state index contributed by atoms with van der Waals surface area (Å²) in [6, 6.07) is 20.7. The van der Waals surface area contributed by atoms with Crippen molar-refractivity contribution >= 4 is 33.7 Å². The molecular weight excluding hydrogens is 364 g/mol. The number of nitrogens with zero attached hydrogens (tertiary/aromatic N) is 1. The first-order chi connectivity index (χ1) is 14.1. The topological polar surface area (TPSA) is 68.3 Å². The van der Waals surface area contributed by atoms with Crippen LogP contribution in [0.15, 0.2) is 75.6 Å². The van der Waals surface area contributed by atoms with Crippen molar-refractivity contribution in [2.45, 2.75) is 13.8 Å². The summed E-state index contributed by atoms with van der Waals surface area (Å²) in [7, 11) is 0. The molecule has 0 aliphatic heterocycles. The molecule has 0 fully saturated rings. The van der Waals surface area contributed by atoms with E-state index in [9.17, 15) is 4.79 Å². The molecule has 0 radical (unpaired) electrons. The molecule has 0 atom stereocenters. The molecule has 0 aliphatic carbocycles. The predicted molar refractivity (Wildman–Crippen MR) is 113 cm³/mol. The minimum Gasteiger partial charge on any atom is -0.451 e. The van der Waals surface area contributed by atoms with Crippen LogP contribution in [0.4, 0.5) is 5.69 Å². The quantitative estimate of drug-likeness (QED) is 0.409. The Balaban J connectivity index is 1.37. The number of anilines is 1. The first kappa shape index (κ1) is 17.3. The van der Waals surface area contributed by atoms with Crippen molar-refractivity contribution in [1.82, 2.24) is 4.98 Å². The number of amides is 1. The summed E-state index contributed by atoms with van der Waals surface area (Å²) in [6.07, 6.45) is 0. The highest BCUT2D eigenvalue weighted by atomic mass is 16.4. The normalized spacial score (nSPS) is 11.2. The van der Waals surface area contributed by atoms with Gasteiger partial charge in [-0.1, -0.05) is 18.2 Å². The van der Waals surface area contributed by atoms with Gasteiger partial charge in [0, 0.05) is 16.6 Å². The van der Waals surface area contributed by atoms with Crippen LogP contribution in [0.25, 0.3) is 33.5 Å². The van der Waals surface area contributed by atoms with Crippen molar-refractivity contribution < 1.29 is 13.6 Å². The molecule has 1 amide bonds. The van der Waals surface area contributed by atoms with Gasteiger partial charge in [-0.3, -0.25) is 4.79 Å². The van der Waals surface area contributed by atoms with E-state index < -0.39 is 0 Å². The average molecular weight is 382 g/mol. The minimum absolute atomic E-state index is 0.278. The third kappa shape index (κ3) is 3.17. The third-order valence-electron chi connectivity index (χ3n) is 5.04. The van der Waals surface area contributed by atoms with E-state index in [1.165, 1.54) is 11.1 Å². The molecule has 142 valence electrons. The Bertz CT molecular complexity index is 1290. The van der Waals surface area contributed by atoms with Gasteiger partial charge in [0.05, 0.1) is 0 Å². The largest absolute Gasteiger partial charge is 0.451 e. The molecule has 5 nitrogen and oxygen atoms in total. The molecule has 1 N–H and O–H groups in total. The molecule has 0 aliphatic rings. The lowest BCUT2D eigenvalue weighted by Gasteiger charge is -2.03. The maximum Gasteiger partial charge on any atom is 0.291 e. The summed E-state index contributed by atoms with van der Waals surface area (Å²) in [5, 5.41) is 3.75. The van der Waals surface area contributed by atoms with Crippen LogP contribution in [0, 0.1) is 13.8 Å². The van der Waals surface area contributed by atoms with Crippen molar-refractivity contribution in [3.8, 4) is 11.5 Å². The number of nitrogens with one attached hydrogen (secondary N) is 1. The van der Waals surface area contributed by atoms with Crippen molar-refractivity contribution in [3.05, 3.63) is 83.6 Å². The first-order valence-corrected chi connectivity index (χ1v) is 9.35. The van der Waals surface area contributed by atoms with Crippen LogP contribution in [0.5, 0.6) is 0 Å². The molecular formula is C24H18N2O3. The zero-order valence-corrected chi connectivity index (χ0v) is 16.0. The Morgan fingerprint density at radius 1 is 0.862 bits per heavy atom. The number of carbonyl (C=O) groups is 1. The molecule has 0 spiro atoms. The number of furan rings is 1. The molecule has 5 heteroatoms. The summed E-state index contributed by atoms with van der Waals surface area (Å²) in [5.41, 5.74) is 6.16. The van der Waals surface area contributed by atoms with E-state index in [-0.39, 0.29) is 11.7 Å². The number of rotatable bonds is 3. The standard InChI is InChI=1S/C24H18N2O3/c1-14-11-19-21(12-15(14)2)29-24(26-19)16-7-9-18(10-8-16)25-23(27)22-13-17-5-3-4-6-20(17)28-22/h3-13H,1-2H3,(H,25,27). The summed E-state index contributed by atoms with van der Waals surface area (Å²) in [4.78, 5) is 17.1. The van der Waals surface area contributed by atoms with Crippen LogP contribution in [0.2, 0.25) is 0 Å². The second-order valence-electron chi connectivity index (χ2n) is 7.10. The Labute approximate surface area is 167 Å². The molecule has 0 saturated heterocycles. The number of benzene rings is 3. The van der Waals surface area contributed by atoms with Gasteiger partial charge in [-0.05, 0) is 73.5 Å². The number of hydrogen-bond acceptors (Lipinski definition) is 4. The zero-order valence-electron chi connectivity index (χ0n) is 16.0. The number of oxazole rings is 1. The fraction of sp³-hybridized carbons (Fsp3) is 0.0833. The number of fused-ring (bicyclic) bond motifs is 2. The highest BCUT2D eigenvalue weighted by molar-refractivity contribution is 6.04. The lowest BCUT2D eigenvalue weighted by Crippen LogP contribution is -2.10. The van der Waals surface area contributed by atoms with Crippen molar-refractivity contribution in [1.29, 1.82) is 0 Å². The second-order valence-corrected chi connectivity index (χ2v) is 7.10. The molecule has 5 aromatic rings. The number of aryl methyl sites for hydroxylation is 2. The Kier molecular flexibility index (Phi) is 3.95. The summed E-state index contributed by atoms with van der Waals surface area (Å²) < 4.78 is 11.5. The number of para-hydroxylation sites is 1. The maximum absolute atomic E-state index is 12.5. The van der Waals surface area contributed by atoms with Gasteiger partial charge in [0.1, 0.15) is 11.1 Å². The Morgan fingerprint density at radius 2 is 1.62 bits per heavy atom. The van der Waals surface area contributed by atoms with Crippen LogP contribution < -0.4 is 5.32 Å². The summed E-state index contributed by atoms with van der Waals surface area (Å²) >= 11 is 0. The van der Waals surface area contributed by atoms with Crippen LogP contribution in [-0.2, 0) is 0 Å². The molecule has 2 heterocycles. The van der Waals surface area contributed by atoms with Gasteiger partial charge in [0.25, 0.3) is 5.91 Å². The van der Waals surface area contributed by atoms with Crippen molar-refractivity contribution in [3.63, 3.8) is 0 Å². The van der Waals surface area contributed by atoms with E-state index in [1.807, 2.05) is 60.7 Å². The van der Waals surface area contributed by atoms with E-state index >= 15 is 0 Å². The maximum atomic E-state index is 12.5. The van der Waals surface area contributed by atoms with Crippen LogP contribution in [0.3, 0.4) is 0 Å². The molecule has 29 heavy (non-hydrogen) atoms. The van der Waals surface area contributed by atoms with E-state index in [4.69, 9.17) is 8.83 Å². The second kappa shape index (κ2) is 6.63. The Morgan fingerprint density at radius 3 is 2.41 bits per heavy atom. The van der Waals surface area contributed by atoms with Crippen LogP contribution in [0.1, 0.15) is 21.7 Å². The van der Waals surface area contributed by atoms with E-state index in [0.29, 0.717) is 17.2 Å². The van der Waals surface area contributed by atoms with E-state index in [0.717, 1.165) is 22.0 Å². The lowest BCUT2D eigenvalue weighted by molar-refractivity contribution is 0.0998. The summed E-state index contributed by atoms with van der Waals surface area (Å²) in [5.74, 6) is 0.543.